The second-order valence-electron chi connectivity index (χ2n) is 5.22. The first-order valence-electron chi connectivity index (χ1n) is 7.18. The molecular formula is C18H17ClN2O2. The molecular weight excluding hydrogens is 312 g/mol. The zero-order valence-corrected chi connectivity index (χ0v) is 13.7. The zero-order chi connectivity index (χ0) is 16.8. The average Bonchev–Trinajstić information content (AvgIpc) is 2.56. The molecule has 0 bridgehead atoms. The third-order valence-electron chi connectivity index (χ3n) is 3.42. The minimum Gasteiger partial charge on any atom is -0.484 e. The lowest BCUT2D eigenvalue weighted by Crippen LogP contribution is -2.31. The van der Waals surface area contributed by atoms with Crippen LogP contribution in [0.5, 0.6) is 5.75 Å². The summed E-state index contributed by atoms with van der Waals surface area (Å²) in [6.45, 7) is 3.69. The Morgan fingerprint density at radius 1 is 1.30 bits per heavy atom. The quantitative estimate of drug-likeness (QED) is 0.908. The molecule has 0 saturated heterocycles. The van der Waals surface area contributed by atoms with E-state index >= 15 is 0 Å². The summed E-state index contributed by atoms with van der Waals surface area (Å²) in [6, 6.07) is 14.3. The van der Waals surface area contributed by atoms with E-state index in [0.717, 1.165) is 11.1 Å². The number of carbonyl (C=O) groups is 1. The molecule has 0 aromatic heterocycles. The molecule has 1 atom stereocenters. The number of rotatable bonds is 5. The maximum Gasteiger partial charge on any atom is 0.258 e. The van der Waals surface area contributed by atoms with Gasteiger partial charge in [0.25, 0.3) is 5.91 Å². The zero-order valence-electron chi connectivity index (χ0n) is 13.0. The van der Waals surface area contributed by atoms with Crippen LogP contribution in [-0.4, -0.2) is 12.5 Å². The highest BCUT2D eigenvalue weighted by molar-refractivity contribution is 6.31. The van der Waals surface area contributed by atoms with E-state index in [1.807, 2.05) is 26.0 Å². The van der Waals surface area contributed by atoms with Crippen molar-refractivity contribution in [2.75, 3.05) is 6.61 Å². The summed E-state index contributed by atoms with van der Waals surface area (Å²) in [4.78, 5) is 12.0. The molecule has 2 rings (SSSR count). The van der Waals surface area contributed by atoms with E-state index < -0.39 is 0 Å². The van der Waals surface area contributed by atoms with Gasteiger partial charge in [0.2, 0.25) is 0 Å². The van der Waals surface area contributed by atoms with Gasteiger partial charge in [-0.1, -0.05) is 23.7 Å². The summed E-state index contributed by atoms with van der Waals surface area (Å²) in [5.74, 6) is 0.391. The first-order chi connectivity index (χ1) is 11.0. The highest BCUT2D eigenvalue weighted by Crippen LogP contribution is 2.21. The molecule has 2 aromatic carbocycles. The van der Waals surface area contributed by atoms with Crippen molar-refractivity contribution >= 4 is 17.5 Å². The van der Waals surface area contributed by atoms with Crippen molar-refractivity contribution in [3.63, 3.8) is 0 Å². The molecule has 118 valence electrons. The molecule has 1 N–H and O–H groups in total. The molecule has 0 radical (unpaired) electrons. The van der Waals surface area contributed by atoms with Crippen molar-refractivity contribution in [3.05, 3.63) is 64.2 Å². The smallest absolute Gasteiger partial charge is 0.258 e. The molecule has 1 unspecified atom stereocenters. The van der Waals surface area contributed by atoms with Crippen molar-refractivity contribution in [1.29, 1.82) is 5.26 Å². The van der Waals surface area contributed by atoms with Gasteiger partial charge in [0.05, 0.1) is 17.7 Å². The molecule has 0 saturated carbocycles. The monoisotopic (exact) mass is 328 g/mol. The molecule has 2 aromatic rings. The number of halogens is 1. The number of hydrogen-bond donors (Lipinski definition) is 1. The number of hydrogen-bond acceptors (Lipinski definition) is 3. The maximum absolute atomic E-state index is 12.0. The number of nitriles is 1. The van der Waals surface area contributed by atoms with Crippen molar-refractivity contribution in [3.8, 4) is 11.8 Å². The number of nitrogens with zero attached hydrogens (tertiary/aromatic N) is 1. The van der Waals surface area contributed by atoms with Gasteiger partial charge in [-0.05, 0) is 55.3 Å². The Morgan fingerprint density at radius 3 is 2.61 bits per heavy atom. The molecule has 5 heteroatoms. The first kappa shape index (κ1) is 16.9. The van der Waals surface area contributed by atoms with E-state index in [1.165, 1.54) is 0 Å². The van der Waals surface area contributed by atoms with E-state index in [1.54, 1.807) is 30.3 Å². The van der Waals surface area contributed by atoms with Gasteiger partial charge in [0, 0.05) is 5.02 Å². The lowest BCUT2D eigenvalue weighted by Gasteiger charge is -2.15. The van der Waals surface area contributed by atoms with Crippen molar-refractivity contribution < 1.29 is 9.53 Å². The highest BCUT2D eigenvalue weighted by atomic mass is 35.5. The molecule has 0 heterocycles. The lowest BCUT2D eigenvalue weighted by atomic mass is 10.1. The molecule has 0 aliphatic rings. The molecule has 0 aliphatic heterocycles. The van der Waals surface area contributed by atoms with Gasteiger partial charge >= 0.3 is 0 Å². The van der Waals surface area contributed by atoms with Crippen LogP contribution in [0.1, 0.15) is 29.7 Å². The van der Waals surface area contributed by atoms with Gasteiger partial charge in [0.1, 0.15) is 5.75 Å². The van der Waals surface area contributed by atoms with E-state index in [4.69, 9.17) is 21.6 Å². The SMILES string of the molecule is Cc1cc(OCC(=O)NC(C)c2ccc(C#N)cc2)ccc1Cl. The fraction of sp³-hybridized carbons (Fsp3) is 0.222. The van der Waals surface area contributed by atoms with Crippen LogP contribution in [-0.2, 0) is 4.79 Å². The third kappa shape index (κ3) is 4.73. The van der Waals surface area contributed by atoms with Crippen LogP contribution >= 0.6 is 11.6 Å². The molecule has 0 spiro atoms. The van der Waals surface area contributed by atoms with E-state index in [9.17, 15) is 4.79 Å². The van der Waals surface area contributed by atoms with Crippen LogP contribution < -0.4 is 10.1 Å². The Morgan fingerprint density at radius 2 is 2.00 bits per heavy atom. The predicted octanol–water partition coefficient (Wildman–Crippen LogP) is 3.78. The Balaban J connectivity index is 1.88. The van der Waals surface area contributed by atoms with Gasteiger partial charge < -0.3 is 10.1 Å². The van der Waals surface area contributed by atoms with Crippen LogP contribution in [0.4, 0.5) is 0 Å². The lowest BCUT2D eigenvalue weighted by molar-refractivity contribution is -0.123. The first-order valence-corrected chi connectivity index (χ1v) is 7.56. The number of benzene rings is 2. The Bertz CT molecular complexity index is 736. The second kappa shape index (κ2) is 7.66. The number of carbonyl (C=O) groups excluding carboxylic acids is 1. The van der Waals surface area contributed by atoms with E-state index in [0.29, 0.717) is 16.3 Å². The summed E-state index contributed by atoms with van der Waals surface area (Å²) in [7, 11) is 0. The summed E-state index contributed by atoms with van der Waals surface area (Å²) >= 11 is 5.95. The van der Waals surface area contributed by atoms with Gasteiger partial charge in [-0.25, -0.2) is 0 Å². The van der Waals surface area contributed by atoms with Gasteiger partial charge in [-0.3, -0.25) is 4.79 Å². The van der Waals surface area contributed by atoms with Crippen molar-refractivity contribution in [2.24, 2.45) is 0 Å². The molecule has 1 amide bonds. The summed E-state index contributed by atoms with van der Waals surface area (Å²) < 4.78 is 5.46. The number of aryl methyl sites for hydroxylation is 1. The molecule has 0 fully saturated rings. The number of ether oxygens (including phenoxy) is 1. The largest absolute Gasteiger partial charge is 0.484 e. The van der Waals surface area contributed by atoms with Crippen molar-refractivity contribution in [1.82, 2.24) is 5.32 Å². The van der Waals surface area contributed by atoms with Crippen molar-refractivity contribution in [2.45, 2.75) is 19.9 Å². The van der Waals surface area contributed by atoms with Gasteiger partial charge in [-0.15, -0.1) is 0 Å². The third-order valence-corrected chi connectivity index (χ3v) is 3.84. The Labute approximate surface area is 140 Å². The predicted molar refractivity (Wildman–Crippen MR) is 89.4 cm³/mol. The van der Waals surface area contributed by atoms with Crippen LogP contribution in [0, 0.1) is 18.3 Å². The number of nitrogens with one attached hydrogen (secondary N) is 1. The Kier molecular flexibility index (Phi) is 5.61. The fourth-order valence-electron chi connectivity index (χ4n) is 2.07. The van der Waals surface area contributed by atoms with E-state index in [-0.39, 0.29) is 18.6 Å². The van der Waals surface area contributed by atoms with Crippen LogP contribution in [0.25, 0.3) is 0 Å². The van der Waals surface area contributed by atoms with Crippen LogP contribution in [0.15, 0.2) is 42.5 Å². The molecule has 23 heavy (non-hydrogen) atoms. The fourth-order valence-corrected chi connectivity index (χ4v) is 2.19. The van der Waals surface area contributed by atoms with Gasteiger partial charge in [-0.2, -0.15) is 5.26 Å². The van der Waals surface area contributed by atoms with E-state index in [2.05, 4.69) is 11.4 Å². The van der Waals surface area contributed by atoms with Gasteiger partial charge in [0.15, 0.2) is 6.61 Å². The maximum atomic E-state index is 12.0. The summed E-state index contributed by atoms with van der Waals surface area (Å²) in [5.41, 5.74) is 2.42. The minimum absolute atomic E-state index is 0.0678. The minimum atomic E-state index is -0.213. The normalized spacial score (nSPS) is 11.4. The second-order valence-corrected chi connectivity index (χ2v) is 5.63. The summed E-state index contributed by atoms with van der Waals surface area (Å²) in [6.07, 6.45) is 0. The standard InChI is InChI=1S/C18H17ClN2O2/c1-12-9-16(7-8-17(12)19)23-11-18(22)21-13(2)15-5-3-14(10-20)4-6-15/h3-9,13H,11H2,1-2H3,(H,21,22). The van der Waals surface area contributed by atoms with Crippen LogP contribution in [0.2, 0.25) is 5.02 Å². The number of amides is 1. The Hall–Kier alpha value is -2.51. The van der Waals surface area contributed by atoms with Crippen LogP contribution in [0.3, 0.4) is 0 Å². The summed E-state index contributed by atoms with van der Waals surface area (Å²) in [5, 5.41) is 12.3. The molecule has 4 nitrogen and oxygen atoms in total. The average molecular weight is 329 g/mol. The highest BCUT2D eigenvalue weighted by Gasteiger charge is 2.10. The topological polar surface area (TPSA) is 62.1 Å². The molecule has 0 aliphatic carbocycles.